The number of aromatic amines is 1. The Morgan fingerprint density at radius 3 is 2.92 bits per heavy atom. The Morgan fingerprint density at radius 1 is 1.42 bits per heavy atom. The summed E-state index contributed by atoms with van der Waals surface area (Å²) in [5.41, 5.74) is 4.96. The van der Waals surface area contributed by atoms with E-state index in [0.717, 1.165) is 12.0 Å². The molecule has 0 fully saturated rings. The molecule has 1 aliphatic carbocycles. The first-order valence-electron chi connectivity index (χ1n) is 4.40. The molecule has 0 saturated heterocycles. The van der Waals surface area contributed by atoms with Crippen molar-refractivity contribution in [3.63, 3.8) is 0 Å². The Kier molecular flexibility index (Phi) is 1.65. The van der Waals surface area contributed by atoms with Crippen LogP contribution in [0.2, 0.25) is 0 Å². The third kappa shape index (κ3) is 1.02. The monoisotopic (exact) mass is 159 g/mol. The maximum atomic E-state index is 3.96. The first kappa shape index (κ1) is 7.41. The molecule has 0 unspecified atom stereocenters. The first-order chi connectivity index (χ1) is 5.81. The van der Waals surface area contributed by atoms with Crippen molar-refractivity contribution < 1.29 is 0 Å². The zero-order valence-electron chi connectivity index (χ0n) is 7.35. The van der Waals surface area contributed by atoms with Crippen molar-refractivity contribution in [2.75, 3.05) is 0 Å². The molecule has 0 aromatic carbocycles. The first-order valence-corrected chi connectivity index (χ1v) is 4.40. The summed E-state index contributed by atoms with van der Waals surface area (Å²) in [6, 6.07) is 2.21. The van der Waals surface area contributed by atoms with Crippen LogP contribution in [0.15, 0.2) is 18.7 Å². The SMILES string of the molecule is C=C1C=Cc2[nH]c(CCC)cc21. The van der Waals surface area contributed by atoms with Gasteiger partial charge in [-0.25, -0.2) is 0 Å². The quantitative estimate of drug-likeness (QED) is 0.682. The van der Waals surface area contributed by atoms with Gasteiger partial charge in [0.05, 0.1) is 0 Å². The van der Waals surface area contributed by atoms with E-state index < -0.39 is 0 Å². The lowest BCUT2D eigenvalue weighted by Gasteiger charge is -1.90. The highest BCUT2D eigenvalue weighted by atomic mass is 14.7. The van der Waals surface area contributed by atoms with Crippen LogP contribution in [0.1, 0.15) is 30.3 Å². The molecule has 1 nitrogen and oxygen atoms in total. The Bertz CT molecular complexity index is 342. The summed E-state index contributed by atoms with van der Waals surface area (Å²) >= 11 is 0. The van der Waals surface area contributed by atoms with E-state index in [0.29, 0.717) is 0 Å². The maximum Gasteiger partial charge on any atom is 0.0462 e. The molecule has 1 aromatic rings. The summed E-state index contributed by atoms with van der Waals surface area (Å²) in [6.45, 7) is 6.15. The van der Waals surface area contributed by atoms with Crippen LogP contribution >= 0.6 is 0 Å². The van der Waals surface area contributed by atoms with Crippen LogP contribution in [0.25, 0.3) is 11.6 Å². The topological polar surface area (TPSA) is 15.8 Å². The van der Waals surface area contributed by atoms with Gasteiger partial charge in [-0.05, 0) is 24.1 Å². The molecule has 2 rings (SSSR count). The molecule has 0 bridgehead atoms. The van der Waals surface area contributed by atoms with Gasteiger partial charge in [-0.2, -0.15) is 0 Å². The molecule has 12 heavy (non-hydrogen) atoms. The highest BCUT2D eigenvalue weighted by Crippen LogP contribution is 2.28. The van der Waals surface area contributed by atoms with E-state index in [-0.39, 0.29) is 0 Å². The zero-order valence-corrected chi connectivity index (χ0v) is 7.35. The molecular weight excluding hydrogens is 146 g/mol. The Hall–Kier alpha value is -1.24. The number of nitrogens with one attached hydrogen (secondary N) is 1. The van der Waals surface area contributed by atoms with Crippen molar-refractivity contribution >= 4 is 11.6 Å². The van der Waals surface area contributed by atoms with Crippen molar-refractivity contribution in [1.29, 1.82) is 0 Å². The van der Waals surface area contributed by atoms with Gasteiger partial charge in [0, 0.05) is 17.0 Å². The van der Waals surface area contributed by atoms with E-state index in [1.807, 2.05) is 0 Å². The normalized spacial score (nSPS) is 13.9. The van der Waals surface area contributed by atoms with E-state index in [4.69, 9.17) is 0 Å². The van der Waals surface area contributed by atoms with Gasteiger partial charge in [-0.1, -0.05) is 26.0 Å². The number of allylic oxidation sites excluding steroid dienone is 2. The van der Waals surface area contributed by atoms with Gasteiger partial charge in [-0.3, -0.25) is 0 Å². The molecule has 1 aliphatic rings. The summed E-state index contributed by atoms with van der Waals surface area (Å²) in [5, 5.41) is 0. The summed E-state index contributed by atoms with van der Waals surface area (Å²) in [6.07, 6.45) is 6.47. The van der Waals surface area contributed by atoms with Gasteiger partial charge >= 0.3 is 0 Å². The third-order valence-electron chi connectivity index (χ3n) is 2.22. The summed E-state index contributed by atoms with van der Waals surface area (Å²) < 4.78 is 0. The molecule has 0 atom stereocenters. The van der Waals surface area contributed by atoms with Gasteiger partial charge in [0.2, 0.25) is 0 Å². The highest BCUT2D eigenvalue weighted by Gasteiger charge is 2.11. The fourth-order valence-electron chi connectivity index (χ4n) is 1.60. The molecule has 0 aliphatic heterocycles. The lowest BCUT2D eigenvalue weighted by molar-refractivity contribution is 0.891. The number of rotatable bonds is 2. The molecule has 0 spiro atoms. The number of H-pyrrole nitrogens is 1. The number of hydrogen-bond donors (Lipinski definition) is 1. The Balaban J connectivity index is 2.36. The number of fused-ring (bicyclic) bond motifs is 1. The minimum absolute atomic E-state index is 1.13. The summed E-state index contributed by atoms with van der Waals surface area (Å²) in [7, 11) is 0. The standard InChI is InChI=1S/C11H13N/c1-3-4-9-7-10-8(2)5-6-11(10)12-9/h5-7,12H,2-4H2,1H3. The number of aromatic nitrogens is 1. The average Bonchev–Trinajstić information content (AvgIpc) is 2.55. The minimum Gasteiger partial charge on any atom is -0.358 e. The van der Waals surface area contributed by atoms with Crippen LogP contribution in [0.5, 0.6) is 0 Å². The molecule has 1 aromatic heterocycles. The van der Waals surface area contributed by atoms with Crippen LogP contribution in [-0.4, -0.2) is 4.98 Å². The maximum absolute atomic E-state index is 3.96. The predicted molar refractivity (Wildman–Crippen MR) is 52.9 cm³/mol. The van der Waals surface area contributed by atoms with Crippen molar-refractivity contribution in [2.45, 2.75) is 19.8 Å². The van der Waals surface area contributed by atoms with Crippen molar-refractivity contribution in [3.05, 3.63) is 35.7 Å². The minimum atomic E-state index is 1.13. The second kappa shape index (κ2) is 2.67. The van der Waals surface area contributed by atoms with Gasteiger partial charge in [0.25, 0.3) is 0 Å². The van der Waals surface area contributed by atoms with Gasteiger partial charge in [0.1, 0.15) is 0 Å². The molecule has 62 valence electrons. The lowest BCUT2D eigenvalue weighted by Crippen LogP contribution is -1.81. The molecule has 1 heterocycles. The molecule has 0 amide bonds. The second-order valence-corrected chi connectivity index (χ2v) is 3.23. The van der Waals surface area contributed by atoms with E-state index in [2.05, 4.69) is 36.7 Å². The molecule has 1 N–H and O–H groups in total. The average molecular weight is 159 g/mol. The van der Waals surface area contributed by atoms with Gasteiger partial charge in [-0.15, -0.1) is 0 Å². The van der Waals surface area contributed by atoms with E-state index in [1.54, 1.807) is 0 Å². The van der Waals surface area contributed by atoms with Gasteiger partial charge in [0.15, 0.2) is 0 Å². The van der Waals surface area contributed by atoms with Crippen molar-refractivity contribution in [3.8, 4) is 0 Å². The third-order valence-corrected chi connectivity index (χ3v) is 2.22. The molecule has 1 heteroatoms. The van der Waals surface area contributed by atoms with Crippen LogP contribution in [0, 0.1) is 0 Å². The van der Waals surface area contributed by atoms with Crippen molar-refractivity contribution in [1.82, 2.24) is 4.98 Å². The van der Waals surface area contributed by atoms with Crippen molar-refractivity contribution in [2.24, 2.45) is 0 Å². The number of aryl methyl sites for hydroxylation is 1. The fourth-order valence-corrected chi connectivity index (χ4v) is 1.60. The fraction of sp³-hybridized carbons (Fsp3) is 0.273. The van der Waals surface area contributed by atoms with Crippen LogP contribution in [0.4, 0.5) is 0 Å². The Labute approximate surface area is 72.8 Å². The molecular formula is C11H13N. The lowest BCUT2D eigenvalue weighted by atomic mass is 10.1. The smallest absolute Gasteiger partial charge is 0.0462 e. The van der Waals surface area contributed by atoms with E-state index >= 15 is 0 Å². The van der Waals surface area contributed by atoms with E-state index in [1.165, 1.54) is 23.4 Å². The largest absolute Gasteiger partial charge is 0.358 e. The second-order valence-electron chi connectivity index (χ2n) is 3.23. The number of hydrogen-bond acceptors (Lipinski definition) is 0. The summed E-state index contributed by atoms with van der Waals surface area (Å²) in [5.74, 6) is 0. The summed E-state index contributed by atoms with van der Waals surface area (Å²) in [4.78, 5) is 3.38. The van der Waals surface area contributed by atoms with Crippen LogP contribution in [-0.2, 0) is 6.42 Å². The van der Waals surface area contributed by atoms with Crippen LogP contribution in [0.3, 0.4) is 0 Å². The van der Waals surface area contributed by atoms with E-state index in [9.17, 15) is 0 Å². The van der Waals surface area contributed by atoms with Crippen LogP contribution < -0.4 is 0 Å². The highest BCUT2D eigenvalue weighted by molar-refractivity contribution is 5.87. The van der Waals surface area contributed by atoms with Gasteiger partial charge < -0.3 is 4.98 Å². The zero-order chi connectivity index (χ0) is 8.55. The molecule has 0 saturated carbocycles. The predicted octanol–water partition coefficient (Wildman–Crippen LogP) is 3.01. The molecule has 0 radical (unpaired) electrons. The Morgan fingerprint density at radius 2 is 2.25 bits per heavy atom.